The summed E-state index contributed by atoms with van der Waals surface area (Å²) < 4.78 is 1.99. The highest BCUT2D eigenvalue weighted by Gasteiger charge is 2.37. The Hall–Kier alpha value is -3.43. The van der Waals surface area contributed by atoms with Gasteiger partial charge in [-0.1, -0.05) is 31.5 Å². The number of nitrogens with zero attached hydrogens (tertiary/aromatic N) is 2. The van der Waals surface area contributed by atoms with E-state index < -0.39 is 12.1 Å². The van der Waals surface area contributed by atoms with Crippen LogP contribution in [0.1, 0.15) is 40.3 Å². The van der Waals surface area contributed by atoms with E-state index in [9.17, 15) is 19.2 Å². The van der Waals surface area contributed by atoms with E-state index in [1.165, 1.54) is 22.0 Å². The second-order valence-electron chi connectivity index (χ2n) is 9.12. The van der Waals surface area contributed by atoms with Gasteiger partial charge in [0.05, 0.1) is 21.3 Å². The van der Waals surface area contributed by atoms with Crippen LogP contribution in [0.15, 0.2) is 65.6 Å². The van der Waals surface area contributed by atoms with Gasteiger partial charge in [-0.15, -0.1) is 11.3 Å². The minimum Gasteiger partial charge on any atom is -0.345 e. The van der Waals surface area contributed by atoms with E-state index in [1.807, 2.05) is 13.8 Å². The Labute approximate surface area is 217 Å². The highest BCUT2D eigenvalue weighted by atomic mass is 35.5. The largest absolute Gasteiger partial charge is 0.345 e. The van der Waals surface area contributed by atoms with Crippen molar-refractivity contribution in [2.24, 2.45) is 5.92 Å². The molecule has 0 spiro atoms. The lowest BCUT2D eigenvalue weighted by atomic mass is 10.1. The topological polar surface area (TPSA) is 101 Å². The van der Waals surface area contributed by atoms with E-state index in [2.05, 4.69) is 10.6 Å². The minimum absolute atomic E-state index is 0.0159. The molecule has 1 aliphatic rings. The monoisotopic (exact) mass is 526 g/mol. The van der Waals surface area contributed by atoms with Crippen molar-refractivity contribution in [3.05, 3.63) is 85.9 Å². The standard InChI is InChI=1S/C26H27ClN4O4S/c1-16(2)13-24(33)30-14-19(20(15-30)29-26(35)21-10-11-22(27)36-21)28-25(34)17-6-8-18(9-7-17)31-12-4-3-5-23(31)32/h3-12,16,19-20H,13-15H2,1-2H3,(H,28,34)(H,29,35)/t19-,20+/m0/s1. The van der Waals surface area contributed by atoms with Crippen LogP contribution in [0.3, 0.4) is 0 Å². The third-order valence-electron chi connectivity index (χ3n) is 5.92. The molecular weight excluding hydrogens is 500 g/mol. The first-order valence-corrected chi connectivity index (χ1v) is 12.8. The molecule has 10 heteroatoms. The molecule has 2 aromatic heterocycles. The van der Waals surface area contributed by atoms with Crippen molar-refractivity contribution in [2.45, 2.75) is 32.4 Å². The second kappa shape index (κ2) is 11.1. The van der Waals surface area contributed by atoms with E-state index >= 15 is 0 Å². The smallest absolute Gasteiger partial charge is 0.261 e. The number of rotatable bonds is 7. The molecule has 188 valence electrons. The van der Waals surface area contributed by atoms with Crippen molar-refractivity contribution in [2.75, 3.05) is 13.1 Å². The Balaban J connectivity index is 1.49. The Bertz CT molecular complexity index is 1320. The Morgan fingerprint density at radius 2 is 1.64 bits per heavy atom. The SMILES string of the molecule is CC(C)CC(=O)N1C[C@H](NC(=O)c2ccc(-n3ccccc3=O)cc2)[C@H](NC(=O)c2ccc(Cl)s2)C1. The molecule has 1 aromatic carbocycles. The number of likely N-dealkylation sites (tertiary alicyclic amines) is 1. The maximum Gasteiger partial charge on any atom is 0.261 e. The lowest BCUT2D eigenvalue weighted by molar-refractivity contribution is -0.131. The Morgan fingerprint density at radius 3 is 2.22 bits per heavy atom. The van der Waals surface area contributed by atoms with Crippen LogP contribution in [0.5, 0.6) is 0 Å². The number of benzene rings is 1. The molecule has 0 radical (unpaired) electrons. The second-order valence-corrected chi connectivity index (χ2v) is 10.8. The molecule has 2 atom stereocenters. The number of hydrogen-bond acceptors (Lipinski definition) is 5. The molecule has 3 amide bonds. The molecule has 36 heavy (non-hydrogen) atoms. The molecular formula is C26H27ClN4O4S. The highest BCUT2D eigenvalue weighted by molar-refractivity contribution is 7.18. The van der Waals surface area contributed by atoms with Gasteiger partial charge in [-0.05, 0) is 48.4 Å². The van der Waals surface area contributed by atoms with Gasteiger partial charge in [-0.3, -0.25) is 23.7 Å². The third-order valence-corrected chi connectivity index (χ3v) is 7.15. The Morgan fingerprint density at radius 1 is 0.972 bits per heavy atom. The van der Waals surface area contributed by atoms with Crippen LogP contribution in [0.4, 0.5) is 0 Å². The summed E-state index contributed by atoms with van der Waals surface area (Å²) in [5, 5.41) is 5.93. The molecule has 3 aromatic rings. The van der Waals surface area contributed by atoms with E-state index in [0.717, 1.165) is 0 Å². The van der Waals surface area contributed by atoms with Crippen molar-refractivity contribution in [3.8, 4) is 5.69 Å². The zero-order valence-corrected chi connectivity index (χ0v) is 21.5. The number of nitrogens with one attached hydrogen (secondary N) is 2. The van der Waals surface area contributed by atoms with Gasteiger partial charge in [-0.25, -0.2) is 0 Å². The number of carbonyl (C=O) groups is 3. The fourth-order valence-corrected chi connectivity index (χ4v) is 5.07. The maximum atomic E-state index is 13.1. The molecule has 1 aliphatic heterocycles. The number of halogens is 1. The molecule has 2 N–H and O–H groups in total. The molecule has 0 bridgehead atoms. The lowest BCUT2D eigenvalue weighted by Crippen LogP contribution is -2.50. The van der Waals surface area contributed by atoms with Crippen LogP contribution < -0.4 is 16.2 Å². The summed E-state index contributed by atoms with van der Waals surface area (Å²) in [5.74, 6) is -0.448. The summed E-state index contributed by atoms with van der Waals surface area (Å²) in [4.78, 5) is 52.8. The normalized spacial score (nSPS) is 17.3. The predicted molar refractivity (Wildman–Crippen MR) is 140 cm³/mol. The van der Waals surface area contributed by atoms with Crippen LogP contribution in [-0.4, -0.2) is 52.4 Å². The van der Waals surface area contributed by atoms with Gasteiger partial charge in [0.25, 0.3) is 17.4 Å². The van der Waals surface area contributed by atoms with Crippen LogP contribution in [-0.2, 0) is 4.79 Å². The van der Waals surface area contributed by atoms with Gasteiger partial charge >= 0.3 is 0 Å². The maximum absolute atomic E-state index is 13.1. The quantitative estimate of drug-likeness (QED) is 0.493. The van der Waals surface area contributed by atoms with E-state index in [-0.39, 0.29) is 29.2 Å². The number of pyridine rings is 1. The number of aromatic nitrogens is 1. The first kappa shape index (κ1) is 25.7. The van der Waals surface area contributed by atoms with Crippen LogP contribution in [0.2, 0.25) is 4.34 Å². The summed E-state index contributed by atoms with van der Waals surface area (Å²) in [6.45, 7) is 4.54. The van der Waals surface area contributed by atoms with Gasteiger partial charge in [0, 0.05) is 43.0 Å². The van der Waals surface area contributed by atoms with Gasteiger partial charge < -0.3 is 15.5 Å². The number of thiophene rings is 1. The zero-order chi connectivity index (χ0) is 25.8. The van der Waals surface area contributed by atoms with Gasteiger partial charge in [0.2, 0.25) is 5.91 Å². The molecule has 8 nitrogen and oxygen atoms in total. The molecule has 4 rings (SSSR count). The molecule has 0 saturated carbocycles. The van der Waals surface area contributed by atoms with Crippen molar-refractivity contribution < 1.29 is 14.4 Å². The van der Waals surface area contributed by atoms with Gasteiger partial charge in [-0.2, -0.15) is 0 Å². The van der Waals surface area contributed by atoms with Crippen LogP contribution >= 0.6 is 22.9 Å². The van der Waals surface area contributed by atoms with Crippen LogP contribution in [0, 0.1) is 5.92 Å². The van der Waals surface area contributed by atoms with Crippen LogP contribution in [0.25, 0.3) is 5.69 Å². The fraction of sp³-hybridized carbons (Fsp3) is 0.308. The highest BCUT2D eigenvalue weighted by Crippen LogP contribution is 2.22. The number of hydrogen-bond donors (Lipinski definition) is 2. The first-order chi connectivity index (χ1) is 17.2. The predicted octanol–water partition coefficient (Wildman–Crippen LogP) is 3.34. The van der Waals surface area contributed by atoms with Crippen molar-refractivity contribution >= 4 is 40.7 Å². The summed E-state index contributed by atoms with van der Waals surface area (Å²) in [7, 11) is 0. The zero-order valence-electron chi connectivity index (χ0n) is 19.9. The van der Waals surface area contributed by atoms with Gasteiger partial charge in [0.15, 0.2) is 0 Å². The van der Waals surface area contributed by atoms with Crippen molar-refractivity contribution in [1.82, 2.24) is 20.1 Å². The molecule has 1 saturated heterocycles. The number of carbonyl (C=O) groups excluding carboxylic acids is 3. The third kappa shape index (κ3) is 6.03. The summed E-state index contributed by atoms with van der Waals surface area (Å²) in [5.41, 5.74) is 0.880. The Kier molecular flexibility index (Phi) is 7.91. The minimum atomic E-state index is -0.468. The molecule has 1 fully saturated rings. The van der Waals surface area contributed by atoms with E-state index in [4.69, 9.17) is 11.6 Å². The average molecular weight is 527 g/mol. The lowest BCUT2D eigenvalue weighted by Gasteiger charge is -2.20. The summed E-state index contributed by atoms with van der Waals surface area (Å²) in [6, 6.07) is 13.9. The van der Waals surface area contributed by atoms with Crippen molar-refractivity contribution in [1.29, 1.82) is 0 Å². The summed E-state index contributed by atoms with van der Waals surface area (Å²) in [6.07, 6.45) is 2.05. The number of amides is 3. The molecule has 0 aliphatic carbocycles. The van der Waals surface area contributed by atoms with Crippen molar-refractivity contribution in [3.63, 3.8) is 0 Å². The molecule has 3 heterocycles. The van der Waals surface area contributed by atoms with E-state index in [0.29, 0.717) is 40.0 Å². The fourth-order valence-electron chi connectivity index (χ4n) is 4.12. The summed E-state index contributed by atoms with van der Waals surface area (Å²) >= 11 is 7.14. The first-order valence-electron chi connectivity index (χ1n) is 11.6. The van der Waals surface area contributed by atoms with Gasteiger partial charge in [0.1, 0.15) is 0 Å². The molecule has 0 unspecified atom stereocenters. The van der Waals surface area contributed by atoms with E-state index in [1.54, 1.807) is 59.6 Å². The average Bonchev–Trinajstić information content (AvgIpc) is 3.45.